The fourth-order valence-electron chi connectivity index (χ4n) is 4.19. The Kier molecular flexibility index (Phi) is 6.45. The predicted molar refractivity (Wildman–Crippen MR) is 102 cm³/mol. The number of nitrogens with zero attached hydrogens (tertiary/aromatic N) is 4. The Hall–Kier alpha value is -1.70. The van der Waals surface area contributed by atoms with Crippen molar-refractivity contribution < 1.29 is 9.90 Å². The molecule has 3 heterocycles. The lowest BCUT2D eigenvalue weighted by Crippen LogP contribution is -2.56. The number of pyridine rings is 1. The van der Waals surface area contributed by atoms with Crippen LogP contribution in [-0.4, -0.2) is 89.7 Å². The molecule has 2 aliphatic heterocycles. The summed E-state index contributed by atoms with van der Waals surface area (Å²) >= 11 is 0. The summed E-state index contributed by atoms with van der Waals surface area (Å²) in [7, 11) is 2.17. The zero-order chi connectivity index (χ0) is 18.5. The van der Waals surface area contributed by atoms with Crippen LogP contribution in [0.3, 0.4) is 0 Å². The molecule has 26 heavy (non-hydrogen) atoms. The van der Waals surface area contributed by atoms with E-state index in [0.29, 0.717) is 23.3 Å². The van der Waals surface area contributed by atoms with Crippen LogP contribution in [0.2, 0.25) is 0 Å². The van der Waals surface area contributed by atoms with Gasteiger partial charge in [0.15, 0.2) is 0 Å². The van der Waals surface area contributed by atoms with Crippen molar-refractivity contribution in [2.75, 3.05) is 58.7 Å². The first-order valence-corrected chi connectivity index (χ1v) is 9.62. The molecule has 2 aliphatic rings. The van der Waals surface area contributed by atoms with E-state index in [0.717, 1.165) is 58.5 Å². The van der Waals surface area contributed by atoms with Crippen LogP contribution in [0.15, 0.2) is 18.3 Å². The second kappa shape index (κ2) is 8.79. The highest BCUT2D eigenvalue weighted by atomic mass is 16.3. The first kappa shape index (κ1) is 19.1. The number of hydrogen-bond acceptors (Lipinski definition) is 6. The zero-order valence-electron chi connectivity index (χ0n) is 15.7. The Balaban J connectivity index is 1.66. The number of amides is 1. The van der Waals surface area contributed by atoms with E-state index in [9.17, 15) is 9.90 Å². The van der Waals surface area contributed by atoms with Gasteiger partial charge < -0.3 is 20.6 Å². The van der Waals surface area contributed by atoms with Gasteiger partial charge in [0.05, 0.1) is 5.56 Å². The Morgan fingerprint density at radius 1 is 1.27 bits per heavy atom. The van der Waals surface area contributed by atoms with Gasteiger partial charge in [-0.2, -0.15) is 0 Å². The molecule has 7 heteroatoms. The summed E-state index contributed by atoms with van der Waals surface area (Å²) in [6, 6.07) is 3.93. The number of hydrogen-bond donors (Lipinski definition) is 2. The Bertz CT molecular complexity index is 586. The normalized spacial score (nSPS) is 25.4. The second-order valence-electron chi connectivity index (χ2n) is 7.54. The van der Waals surface area contributed by atoms with Crippen molar-refractivity contribution in [3.63, 3.8) is 0 Å². The van der Waals surface area contributed by atoms with Crippen molar-refractivity contribution in [2.24, 2.45) is 5.92 Å². The van der Waals surface area contributed by atoms with Gasteiger partial charge in [-0.05, 0) is 44.4 Å². The number of rotatable bonds is 5. The number of aliphatic hydroxyl groups excluding tert-OH is 1. The molecule has 0 spiro atoms. The third-order valence-corrected chi connectivity index (χ3v) is 5.75. The number of aliphatic hydroxyl groups is 1. The molecular formula is C19H31N5O2. The molecule has 0 aromatic carbocycles. The van der Waals surface area contributed by atoms with Crippen molar-refractivity contribution in [3.05, 3.63) is 23.9 Å². The third kappa shape index (κ3) is 4.52. The lowest BCUT2D eigenvalue weighted by molar-refractivity contribution is 0.0217. The average Bonchev–Trinajstić information content (AvgIpc) is 2.67. The first-order chi connectivity index (χ1) is 12.6. The van der Waals surface area contributed by atoms with Crippen LogP contribution in [-0.2, 0) is 0 Å². The van der Waals surface area contributed by atoms with Gasteiger partial charge in [0, 0.05) is 58.1 Å². The van der Waals surface area contributed by atoms with E-state index in [1.807, 2.05) is 4.90 Å². The summed E-state index contributed by atoms with van der Waals surface area (Å²) in [5.74, 6) is 0.865. The maximum Gasteiger partial charge on any atom is 0.255 e. The van der Waals surface area contributed by atoms with Crippen molar-refractivity contribution in [1.29, 1.82) is 0 Å². The van der Waals surface area contributed by atoms with Gasteiger partial charge in [0.1, 0.15) is 5.82 Å². The highest BCUT2D eigenvalue weighted by Crippen LogP contribution is 2.28. The number of likely N-dealkylation sites (N-methyl/N-ethyl adjacent to an activating group) is 1. The molecule has 0 bridgehead atoms. The number of nitrogens with two attached hydrogens (primary N) is 1. The number of carbonyl (C=O) groups is 1. The molecule has 7 nitrogen and oxygen atoms in total. The second-order valence-corrected chi connectivity index (χ2v) is 7.54. The molecule has 1 aromatic rings. The molecule has 0 saturated carbocycles. The number of piperazine rings is 1. The number of likely N-dealkylation sites (tertiary alicyclic amines) is 1. The number of aromatic nitrogens is 1. The van der Waals surface area contributed by atoms with E-state index in [1.54, 1.807) is 18.3 Å². The molecule has 0 radical (unpaired) electrons. The standard InChI is InChI=1S/C19H31N5O2/c1-22-8-10-23(11-9-22)17-6-7-24(14-16(17)3-2-12-25)19(26)15-4-5-18(20)21-13-15/h4-5,13,16-17,25H,2-3,6-12,14H2,1H3,(H2,20,21)/t16-,17+/m1/s1. The van der Waals surface area contributed by atoms with E-state index in [2.05, 4.69) is 21.8 Å². The summed E-state index contributed by atoms with van der Waals surface area (Å²) in [5, 5.41) is 9.29. The summed E-state index contributed by atoms with van der Waals surface area (Å²) in [6.45, 7) is 6.11. The van der Waals surface area contributed by atoms with Gasteiger partial charge in [-0.1, -0.05) is 0 Å². The SMILES string of the molecule is CN1CCN([C@H]2CCN(C(=O)c3ccc(N)nc3)C[C@H]2CCCO)CC1. The summed E-state index contributed by atoms with van der Waals surface area (Å²) in [4.78, 5) is 23.8. The smallest absolute Gasteiger partial charge is 0.255 e. The minimum absolute atomic E-state index is 0.0309. The van der Waals surface area contributed by atoms with Gasteiger partial charge in [0.25, 0.3) is 5.91 Å². The molecule has 144 valence electrons. The van der Waals surface area contributed by atoms with E-state index in [-0.39, 0.29) is 12.5 Å². The van der Waals surface area contributed by atoms with Gasteiger partial charge in [0.2, 0.25) is 0 Å². The van der Waals surface area contributed by atoms with E-state index >= 15 is 0 Å². The van der Waals surface area contributed by atoms with Crippen LogP contribution >= 0.6 is 0 Å². The monoisotopic (exact) mass is 361 g/mol. The van der Waals surface area contributed by atoms with Crippen LogP contribution < -0.4 is 5.73 Å². The summed E-state index contributed by atoms with van der Waals surface area (Å²) in [6.07, 6.45) is 4.30. The molecule has 1 aromatic heterocycles. The summed E-state index contributed by atoms with van der Waals surface area (Å²) < 4.78 is 0. The molecule has 3 rings (SSSR count). The van der Waals surface area contributed by atoms with Gasteiger partial charge in [-0.3, -0.25) is 9.69 Å². The van der Waals surface area contributed by atoms with Crippen LogP contribution in [0.25, 0.3) is 0 Å². The minimum atomic E-state index is 0.0309. The molecule has 0 unspecified atom stereocenters. The molecule has 3 N–H and O–H groups in total. The van der Waals surface area contributed by atoms with Crippen molar-refractivity contribution in [1.82, 2.24) is 19.7 Å². The van der Waals surface area contributed by atoms with E-state index in [4.69, 9.17) is 5.73 Å². The van der Waals surface area contributed by atoms with Crippen molar-refractivity contribution >= 4 is 11.7 Å². The number of piperidine rings is 1. The maximum atomic E-state index is 12.8. The van der Waals surface area contributed by atoms with E-state index < -0.39 is 0 Å². The topological polar surface area (TPSA) is 85.9 Å². The van der Waals surface area contributed by atoms with Gasteiger partial charge >= 0.3 is 0 Å². The Morgan fingerprint density at radius 2 is 2.04 bits per heavy atom. The first-order valence-electron chi connectivity index (χ1n) is 9.62. The maximum absolute atomic E-state index is 12.8. The molecule has 2 saturated heterocycles. The van der Waals surface area contributed by atoms with Crippen LogP contribution in [0.1, 0.15) is 29.6 Å². The van der Waals surface area contributed by atoms with Crippen LogP contribution in [0.5, 0.6) is 0 Å². The largest absolute Gasteiger partial charge is 0.396 e. The lowest BCUT2D eigenvalue weighted by Gasteiger charge is -2.46. The number of nitrogen functional groups attached to an aromatic ring is 1. The van der Waals surface area contributed by atoms with E-state index in [1.165, 1.54) is 0 Å². The fraction of sp³-hybridized carbons (Fsp3) is 0.684. The number of carbonyl (C=O) groups excluding carboxylic acids is 1. The Labute approximate surface area is 155 Å². The highest BCUT2D eigenvalue weighted by molar-refractivity contribution is 5.94. The van der Waals surface area contributed by atoms with Gasteiger partial charge in [-0.15, -0.1) is 0 Å². The predicted octanol–water partition coefficient (Wildman–Crippen LogP) is 0.514. The number of anilines is 1. The fourth-order valence-corrected chi connectivity index (χ4v) is 4.19. The van der Waals surface area contributed by atoms with Crippen LogP contribution in [0, 0.1) is 5.92 Å². The molecular weight excluding hydrogens is 330 g/mol. The highest BCUT2D eigenvalue weighted by Gasteiger charge is 2.35. The van der Waals surface area contributed by atoms with Crippen molar-refractivity contribution in [3.8, 4) is 0 Å². The quantitative estimate of drug-likeness (QED) is 0.795. The molecule has 1 amide bonds. The zero-order valence-corrected chi connectivity index (χ0v) is 15.7. The van der Waals surface area contributed by atoms with Crippen molar-refractivity contribution in [2.45, 2.75) is 25.3 Å². The minimum Gasteiger partial charge on any atom is -0.396 e. The lowest BCUT2D eigenvalue weighted by atomic mass is 9.86. The molecule has 0 aliphatic carbocycles. The average molecular weight is 361 g/mol. The molecule has 2 atom stereocenters. The summed E-state index contributed by atoms with van der Waals surface area (Å²) in [5.41, 5.74) is 6.22. The van der Waals surface area contributed by atoms with Crippen LogP contribution in [0.4, 0.5) is 5.82 Å². The van der Waals surface area contributed by atoms with Gasteiger partial charge in [-0.25, -0.2) is 4.98 Å². The third-order valence-electron chi connectivity index (χ3n) is 5.75. The molecule has 2 fully saturated rings. The Morgan fingerprint density at radius 3 is 2.69 bits per heavy atom.